The van der Waals surface area contributed by atoms with E-state index in [1.807, 2.05) is 77.2 Å². The zero-order valence-electron chi connectivity index (χ0n) is 34.4. The zero-order valence-corrected chi connectivity index (χ0v) is 37.0. The summed E-state index contributed by atoms with van der Waals surface area (Å²) in [5, 5.41) is 5.95. The fourth-order valence-corrected chi connectivity index (χ4v) is 14.2. The van der Waals surface area contributed by atoms with E-state index in [1.165, 1.54) is 26.4 Å². The van der Waals surface area contributed by atoms with E-state index >= 15 is 0 Å². The molecule has 0 aliphatic carbocycles. The number of hydrogen-bond acceptors (Lipinski definition) is 8. The third kappa shape index (κ3) is 9.17. The lowest BCUT2D eigenvalue weighted by Gasteiger charge is -2.44. The van der Waals surface area contributed by atoms with Crippen LogP contribution in [-0.4, -0.2) is 59.5 Å². The van der Waals surface area contributed by atoms with Gasteiger partial charge in [0, 0.05) is 30.5 Å². The van der Waals surface area contributed by atoms with Crippen molar-refractivity contribution in [1.29, 1.82) is 0 Å². The Kier molecular flexibility index (Phi) is 12.1. The molecule has 3 aromatic carbocycles. The number of hydrogen-bond donors (Lipinski definition) is 1. The Balaban J connectivity index is 1.35. The molecule has 2 amide bonds. The number of thiazole rings is 2. The molecule has 3 heterocycles. The van der Waals surface area contributed by atoms with Gasteiger partial charge in [-0.25, -0.2) is 14.8 Å². The maximum Gasteiger partial charge on any atom is 0.408 e. The van der Waals surface area contributed by atoms with Gasteiger partial charge < -0.3 is 19.4 Å². The standard InChI is InChI=1S/C45H56N4O4S2Si/c1-30-38(54-29-47-30)32-23-21-31(22-24-32)25-34-27-46-40(55-34)37-26-33(28-49(37)41(50)39(43(2,3)4)48-42(51)52-44(5,6)7)53-56(45(8,9)10,35-17-13-11-14-18-35)36-19-15-12-16-20-36/h11-24,27,29,33,37,39H,25-26,28H2,1-10H3,(H,48,51)/t33-,37+,39-/m1/s1. The van der Waals surface area contributed by atoms with Crippen molar-refractivity contribution in [3.8, 4) is 10.4 Å². The predicted octanol–water partition coefficient (Wildman–Crippen LogP) is 9.32. The van der Waals surface area contributed by atoms with Crippen molar-refractivity contribution >= 4 is 53.4 Å². The van der Waals surface area contributed by atoms with Crippen molar-refractivity contribution in [2.45, 2.75) is 111 Å². The maximum absolute atomic E-state index is 15.0. The Morgan fingerprint density at radius 1 is 0.875 bits per heavy atom. The molecule has 0 unspecified atom stereocenters. The molecule has 0 spiro atoms. The molecule has 296 valence electrons. The number of nitrogens with zero attached hydrogens (tertiary/aromatic N) is 3. The SMILES string of the molecule is Cc1ncsc1-c1ccc(Cc2cnc([C@@H]3C[C@@H](O[Si](c4ccccc4)(c4ccccc4)C(C)(C)C)CN3C(=O)[C@@H](NC(=O)OC(C)(C)C)C(C)(C)C)s2)cc1. The Hall–Kier alpha value is -4.16. The van der Waals surface area contributed by atoms with E-state index in [2.05, 4.69) is 104 Å². The summed E-state index contributed by atoms with van der Waals surface area (Å²) in [5.41, 5.74) is 3.96. The van der Waals surface area contributed by atoms with Gasteiger partial charge >= 0.3 is 6.09 Å². The number of carbonyl (C=O) groups is 2. The smallest absolute Gasteiger partial charge is 0.408 e. The lowest BCUT2D eigenvalue weighted by Crippen LogP contribution is -2.68. The van der Waals surface area contributed by atoms with E-state index in [9.17, 15) is 9.59 Å². The Morgan fingerprint density at radius 3 is 2.00 bits per heavy atom. The van der Waals surface area contributed by atoms with Crippen LogP contribution in [0.5, 0.6) is 0 Å². The number of aryl methyl sites for hydroxylation is 1. The van der Waals surface area contributed by atoms with E-state index in [-0.39, 0.29) is 23.1 Å². The lowest BCUT2D eigenvalue weighted by atomic mass is 9.85. The van der Waals surface area contributed by atoms with Gasteiger partial charge in [0.25, 0.3) is 8.32 Å². The fourth-order valence-electron chi connectivity index (χ4n) is 7.65. The van der Waals surface area contributed by atoms with Crippen molar-refractivity contribution in [2.75, 3.05) is 6.54 Å². The molecule has 0 bridgehead atoms. The molecule has 1 N–H and O–H groups in total. The van der Waals surface area contributed by atoms with Crippen LogP contribution in [0.1, 0.15) is 95.9 Å². The van der Waals surface area contributed by atoms with Crippen LogP contribution in [0.15, 0.2) is 96.6 Å². The number of likely N-dealkylation sites (tertiary alicyclic amines) is 1. The van der Waals surface area contributed by atoms with Crippen molar-refractivity contribution in [1.82, 2.24) is 20.2 Å². The number of carbonyl (C=O) groups excluding carboxylic acids is 2. The number of nitrogens with one attached hydrogen (secondary N) is 1. The Labute approximate surface area is 341 Å². The molecule has 3 atom stereocenters. The predicted molar refractivity (Wildman–Crippen MR) is 231 cm³/mol. The normalized spacial score (nSPS) is 17.1. The second-order valence-corrected chi connectivity index (χ2v) is 24.2. The van der Waals surface area contributed by atoms with Crippen molar-refractivity contribution in [2.24, 2.45) is 5.41 Å². The second kappa shape index (κ2) is 16.4. The molecule has 0 saturated carbocycles. The van der Waals surface area contributed by atoms with Crippen molar-refractivity contribution < 1.29 is 18.8 Å². The first-order valence-electron chi connectivity index (χ1n) is 19.4. The summed E-state index contributed by atoms with van der Waals surface area (Å²) in [6.07, 6.45) is 2.35. The van der Waals surface area contributed by atoms with Gasteiger partial charge in [0.1, 0.15) is 16.7 Å². The highest BCUT2D eigenvalue weighted by atomic mass is 32.1. The van der Waals surface area contributed by atoms with E-state index in [0.29, 0.717) is 13.0 Å². The summed E-state index contributed by atoms with van der Waals surface area (Å²) in [7, 11) is -2.95. The van der Waals surface area contributed by atoms with Gasteiger partial charge in [0.15, 0.2) is 0 Å². The Morgan fingerprint density at radius 2 is 1.48 bits per heavy atom. The molecule has 1 aliphatic heterocycles. The van der Waals surface area contributed by atoms with E-state index < -0.39 is 31.5 Å². The molecule has 5 aromatic rings. The molecule has 11 heteroatoms. The van der Waals surface area contributed by atoms with Crippen LogP contribution in [0, 0.1) is 12.3 Å². The molecular formula is C45H56N4O4S2Si. The summed E-state index contributed by atoms with van der Waals surface area (Å²) in [5.74, 6) is -0.174. The molecular weight excluding hydrogens is 753 g/mol. The van der Waals surface area contributed by atoms with Gasteiger partial charge in [-0.15, -0.1) is 22.7 Å². The zero-order chi connectivity index (χ0) is 40.5. The summed E-state index contributed by atoms with van der Waals surface area (Å²) in [4.78, 5) is 41.8. The van der Waals surface area contributed by atoms with Crippen LogP contribution in [-0.2, 0) is 20.4 Å². The van der Waals surface area contributed by atoms with Gasteiger partial charge in [0.05, 0.1) is 28.2 Å². The first kappa shape index (κ1) is 41.5. The largest absolute Gasteiger partial charge is 0.444 e. The van der Waals surface area contributed by atoms with Crippen LogP contribution in [0.25, 0.3) is 10.4 Å². The first-order chi connectivity index (χ1) is 26.4. The lowest BCUT2D eigenvalue weighted by molar-refractivity contribution is -0.137. The minimum absolute atomic E-state index is 0.174. The molecule has 1 aliphatic rings. The average Bonchev–Trinajstić information content (AvgIpc) is 3.89. The molecule has 56 heavy (non-hydrogen) atoms. The quantitative estimate of drug-likeness (QED) is 0.142. The van der Waals surface area contributed by atoms with E-state index in [0.717, 1.165) is 22.0 Å². The first-order valence-corrected chi connectivity index (χ1v) is 23.0. The third-order valence-electron chi connectivity index (χ3n) is 10.3. The van der Waals surface area contributed by atoms with Crippen LogP contribution >= 0.6 is 22.7 Å². The minimum Gasteiger partial charge on any atom is -0.444 e. The number of benzene rings is 3. The molecule has 8 nitrogen and oxygen atoms in total. The molecule has 1 saturated heterocycles. The highest BCUT2D eigenvalue weighted by Crippen LogP contribution is 2.43. The van der Waals surface area contributed by atoms with Gasteiger partial charge in [-0.2, -0.15) is 0 Å². The maximum atomic E-state index is 15.0. The van der Waals surface area contributed by atoms with Crippen molar-refractivity contribution in [3.63, 3.8) is 0 Å². The van der Waals surface area contributed by atoms with Crippen molar-refractivity contribution in [3.05, 3.63) is 118 Å². The highest BCUT2D eigenvalue weighted by molar-refractivity contribution is 7.13. The number of amides is 2. The third-order valence-corrected chi connectivity index (χ3v) is 17.4. The number of rotatable bonds is 10. The Bertz CT molecular complexity index is 2060. The number of aromatic nitrogens is 2. The van der Waals surface area contributed by atoms with Gasteiger partial charge in [0.2, 0.25) is 5.91 Å². The minimum atomic E-state index is -2.95. The molecule has 0 radical (unpaired) electrons. The summed E-state index contributed by atoms with van der Waals surface area (Å²) >= 11 is 3.29. The van der Waals surface area contributed by atoms with Crippen LogP contribution in [0.3, 0.4) is 0 Å². The molecule has 1 fully saturated rings. The number of ether oxygens (including phenoxy) is 1. The topological polar surface area (TPSA) is 93.7 Å². The van der Waals surface area contributed by atoms with E-state index in [4.69, 9.17) is 14.1 Å². The summed E-state index contributed by atoms with van der Waals surface area (Å²) in [6, 6.07) is 28.7. The summed E-state index contributed by atoms with van der Waals surface area (Å²) in [6.45, 7) is 20.6. The summed E-state index contributed by atoms with van der Waals surface area (Å²) < 4.78 is 13.3. The second-order valence-electron chi connectivity index (χ2n) is 17.9. The monoisotopic (exact) mass is 808 g/mol. The fraction of sp³-hybridized carbons (Fsp3) is 0.422. The van der Waals surface area contributed by atoms with Gasteiger partial charge in [-0.1, -0.05) is 126 Å². The molecule has 2 aromatic heterocycles. The average molecular weight is 809 g/mol. The van der Waals surface area contributed by atoms with Crippen LogP contribution in [0.2, 0.25) is 5.04 Å². The van der Waals surface area contributed by atoms with Crippen LogP contribution in [0.4, 0.5) is 4.79 Å². The van der Waals surface area contributed by atoms with E-state index in [1.54, 1.807) is 22.7 Å². The number of alkyl carbamates (subject to hydrolysis) is 1. The van der Waals surface area contributed by atoms with Gasteiger partial charge in [-0.05, 0) is 59.6 Å². The van der Waals surface area contributed by atoms with Crippen LogP contribution < -0.4 is 15.7 Å². The van der Waals surface area contributed by atoms with Gasteiger partial charge in [-0.3, -0.25) is 4.79 Å². The molecule has 6 rings (SSSR count). The highest BCUT2D eigenvalue weighted by Gasteiger charge is 2.54.